The fraction of sp³-hybridized carbons (Fsp3) is 0.500. The van der Waals surface area contributed by atoms with Gasteiger partial charge in [0.05, 0.1) is 21.3 Å². The van der Waals surface area contributed by atoms with Crippen LogP contribution in [0.5, 0.6) is 0 Å². The highest BCUT2D eigenvalue weighted by atomic mass is 32.2. The second-order valence-electron chi connectivity index (χ2n) is 4.37. The van der Waals surface area contributed by atoms with Crippen LogP contribution in [0.2, 0.25) is 0 Å². The van der Waals surface area contributed by atoms with Crippen LogP contribution < -0.4 is 5.32 Å². The first-order valence-corrected chi connectivity index (χ1v) is 7.81. The van der Waals surface area contributed by atoms with Crippen LogP contribution in [0.3, 0.4) is 0 Å². The minimum Gasteiger partial charge on any atom is -0.396 e. The third-order valence-electron chi connectivity index (χ3n) is 2.81. The Morgan fingerprint density at radius 3 is 2.74 bits per heavy atom. The van der Waals surface area contributed by atoms with Crippen molar-refractivity contribution in [2.75, 3.05) is 12.4 Å². The van der Waals surface area contributed by atoms with Gasteiger partial charge in [-0.3, -0.25) is 9.00 Å². The van der Waals surface area contributed by atoms with E-state index in [4.69, 9.17) is 5.11 Å². The van der Waals surface area contributed by atoms with Crippen molar-refractivity contribution >= 4 is 16.7 Å². The molecule has 0 aliphatic rings. The molecule has 0 aromatic heterocycles. The summed E-state index contributed by atoms with van der Waals surface area (Å²) in [6, 6.07) is 6.96. The summed E-state index contributed by atoms with van der Waals surface area (Å²) in [6.07, 6.45) is 1.38. The summed E-state index contributed by atoms with van der Waals surface area (Å²) in [7, 11) is -1.14. The summed E-state index contributed by atoms with van der Waals surface area (Å²) in [5.41, 5.74) is 0.471. The van der Waals surface area contributed by atoms with Gasteiger partial charge < -0.3 is 10.4 Å². The summed E-state index contributed by atoms with van der Waals surface area (Å²) >= 11 is 0. The first kappa shape index (κ1) is 15.9. The van der Waals surface area contributed by atoms with Crippen LogP contribution in [0, 0.1) is 0 Å². The minimum atomic E-state index is -1.14. The molecule has 5 heteroatoms. The lowest BCUT2D eigenvalue weighted by Crippen LogP contribution is -2.33. The number of carbonyl (C=O) groups excluding carboxylic acids is 1. The highest BCUT2D eigenvalue weighted by Gasteiger charge is 2.16. The van der Waals surface area contributed by atoms with Gasteiger partial charge in [0.2, 0.25) is 0 Å². The molecule has 0 heterocycles. The number of nitrogens with one attached hydrogen (secondary N) is 1. The number of aliphatic hydroxyl groups excluding tert-OH is 1. The molecule has 0 saturated heterocycles. The van der Waals surface area contributed by atoms with Gasteiger partial charge in [-0.25, -0.2) is 0 Å². The Labute approximate surface area is 116 Å². The Hall–Kier alpha value is -1.20. The molecule has 1 rings (SSSR count). The summed E-state index contributed by atoms with van der Waals surface area (Å²) in [5, 5.41) is 11.6. The number of amides is 1. The standard InChI is InChI=1S/C14H21NO3S/c1-3-19(18)13-9-5-4-8-12(13)14(17)15-11(2)7-6-10-16/h4-5,8-9,11,16H,3,6-7,10H2,1-2H3,(H,15,17). The zero-order valence-corrected chi connectivity index (χ0v) is 12.2. The average Bonchev–Trinajstić information content (AvgIpc) is 2.44. The molecule has 0 aliphatic carbocycles. The molecule has 1 aromatic rings. The van der Waals surface area contributed by atoms with Gasteiger partial charge in [-0.1, -0.05) is 19.1 Å². The van der Waals surface area contributed by atoms with Crippen molar-refractivity contribution in [2.45, 2.75) is 37.6 Å². The second kappa shape index (κ2) is 8.07. The monoisotopic (exact) mass is 283 g/mol. The molecule has 0 fully saturated rings. The third kappa shape index (κ3) is 4.76. The van der Waals surface area contributed by atoms with E-state index in [-0.39, 0.29) is 18.6 Å². The maximum Gasteiger partial charge on any atom is 0.252 e. The molecule has 19 heavy (non-hydrogen) atoms. The lowest BCUT2D eigenvalue weighted by atomic mass is 10.1. The fourth-order valence-corrected chi connectivity index (χ4v) is 2.73. The lowest BCUT2D eigenvalue weighted by molar-refractivity contribution is 0.0933. The van der Waals surface area contributed by atoms with Crippen molar-refractivity contribution < 1.29 is 14.1 Å². The lowest BCUT2D eigenvalue weighted by Gasteiger charge is -2.14. The Bertz CT molecular complexity index is 448. The Kier molecular flexibility index (Phi) is 6.73. The molecule has 2 N–H and O–H groups in total. The average molecular weight is 283 g/mol. The second-order valence-corrected chi connectivity index (χ2v) is 6.08. The fourth-order valence-electron chi connectivity index (χ4n) is 1.78. The molecule has 106 valence electrons. The summed E-state index contributed by atoms with van der Waals surface area (Å²) in [4.78, 5) is 12.7. The normalized spacial score (nSPS) is 13.8. The first-order valence-electron chi connectivity index (χ1n) is 6.49. The van der Waals surface area contributed by atoms with Crippen LogP contribution >= 0.6 is 0 Å². The van der Waals surface area contributed by atoms with Gasteiger partial charge in [-0.15, -0.1) is 0 Å². The summed E-state index contributed by atoms with van der Waals surface area (Å²) < 4.78 is 11.9. The molecule has 4 nitrogen and oxygen atoms in total. The Morgan fingerprint density at radius 2 is 2.11 bits per heavy atom. The number of carbonyl (C=O) groups is 1. The van der Waals surface area contributed by atoms with Gasteiger partial charge >= 0.3 is 0 Å². The van der Waals surface area contributed by atoms with E-state index in [2.05, 4.69) is 5.32 Å². The maximum absolute atomic E-state index is 12.2. The van der Waals surface area contributed by atoms with Gasteiger partial charge in [0.1, 0.15) is 0 Å². The smallest absolute Gasteiger partial charge is 0.252 e. The largest absolute Gasteiger partial charge is 0.396 e. The molecule has 0 aliphatic heterocycles. The third-order valence-corrected chi connectivity index (χ3v) is 4.18. The quantitative estimate of drug-likeness (QED) is 0.800. The molecular formula is C14H21NO3S. The van der Waals surface area contributed by atoms with E-state index in [1.54, 1.807) is 24.3 Å². The molecule has 0 bridgehead atoms. The molecular weight excluding hydrogens is 262 g/mol. The highest BCUT2D eigenvalue weighted by molar-refractivity contribution is 7.85. The van der Waals surface area contributed by atoms with Gasteiger partial charge in [0, 0.05) is 18.4 Å². The van der Waals surface area contributed by atoms with Crippen molar-refractivity contribution in [1.82, 2.24) is 5.32 Å². The van der Waals surface area contributed by atoms with Crippen molar-refractivity contribution in [1.29, 1.82) is 0 Å². The first-order chi connectivity index (χ1) is 9.10. The molecule has 1 amide bonds. The van der Waals surface area contributed by atoms with E-state index in [1.807, 2.05) is 13.8 Å². The minimum absolute atomic E-state index is 0.0113. The molecule has 0 radical (unpaired) electrons. The number of benzene rings is 1. The Balaban J connectivity index is 2.79. The van der Waals surface area contributed by atoms with Crippen molar-refractivity contribution in [2.24, 2.45) is 0 Å². The summed E-state index contributed by atoms with van der Waals surface area (Å²) in [6.45, 7) is 3.85. The van der Waals surface area contributed by atoms with Gasteiger partial charge in [-0.2, -0.15) is 0 Å². The van der Waals surface area contributed by atoms with Crippen LogP contribution in [0.15, 0.2) is 29.2 Å². The van der Waals surface area contributed by atoms with Crippen LogP contribution in [-0.4, -0.2) is 33.6 Å². The number of hydrogen-bond donors (Lipinski definition) is 2. The van der Waals surface area contributed by atoms with E-state index in [9.17, 15) is 9.00 Å². The molecule has 2 atom stereocenters. The van der Waals surface area contributed by atoms with Gasteiger partial charge in [0.25, 0.3) is 5.91 Å². The van der Waals surface area contributed by atoms with E-state index < -0.39 is 10.8 Å². The van der Waals surface area contributed by atoms with Crippen LogP contribution in [0.25, 0.3) is 0 Å². The van der Waals surface area contributed by atoms with E-state index in [0.29, 0.717) is 22.6 Å². The van der Waals surface area contributed by atoms with Crippen molar-refractivity contribution in [3.05, 3.63) is 29.8 Å². The Morgan fingerprint density at radius 1 is 1.42 bits per heavy atom. The molecule has 0 spiro atoms. The topological polar surface area (TPSA) is 66.4 Å². The van der Waals surface area contributed by atoms with Crippen LogP contribution in [-0.2, 0) is 10.8 Å². The molecule has 1 aromatic carbocycles. The number of aliphatic hydroxyl groups is 1. The number of rotatable bonds is 7. The van der Waals surface area contributed by atoms with Gasteiger partial charge in [-0.05, 0) is 31.9 Å². The molecule has 2 unspecified atom stereocenters. The van der Waals surface area contributed by atoms with E-state index in [1.165, 1.54) is 0 Å². The van der Waals surface area contributed by atoms with E-state index >= 15 is 0 Å². The number of hydrogen-bond acceptors (Lipinski definition) is 3. The van der Waals surface area contributed by atoms with Crippen LogP contribution in [0.4, 0.5) is 0 Å². The summed E-state index contributed by atoms with van der Waals surface area (Å²) in [5.74, 6) is 0.285. The zero-order valence-electron chi connectivity index (χ0n) is 11.4. The van der Waals surface area contributed by atoms with Crippen LogP contribution in [0.1, 0.15) is 37.0 Å². The molecule has 0 saturated carbocycles. The SMILES string of the molecule is CCS(=O)c1ccccc1C(=O)NC(C)CCCO. The van der Waals surface area contributed by atoms with E-state index in [0.717, 1.165) is 6.42 Å². The maximum atomic E-state index is 12.2. The predicted octanol–water partition coefficient (Wildman–Crippen LogP) is 1.70. The predicted molar refractivity (Wildman–Crippen MR) is 76.6 cm³/mol. The highest BCUT2D eigenvalue weighted by Crippen LogP contribution is 2.14. The zero-order chi connectivity index (χ0) is 14.3. The van der Waals surface area contributed by atoms with Crippen molar-refractivity contribution in [3.63, 3.8) is 0 Å². The van der Waals surface area contributed by atoms with Gasteiger partial charge in [0.15, 0.2) is 0 Å². The van der Waals surface area contributed by atoms with Crippen molar-refractivity contribution in [3.8, 4) is 0 Å².